The Labute approximate surface area is 129 Å². The first-order valence-electron chi connectivity index (χ1n) is 8.39. The number of hydrogen-bond donors (Lipinski definition) is 1. The summed E-state index contributed by atoms with van der Waals surface area (Å²) in [7, 11) is 0. The Kier molecular flexibility index (Phi) is 10.2. The molecule has 1 aliphatic rings. The van der Waals surface area contributed by atoms with E-state index in [0.717, 1.165) is 18.1 Å². The Balaban J connectivity index is 2.23. The Morgan fingerprint density at radius 1 is 1.20 bits per heavy atom. The van der Waals surface area contributed by atoms with Gasteiger partial charge in [0, 0.05) is 10.5 Å². The van der Waals surface area contributed by atoms with E-state index in [9.17, 15) is 5.11 Å². The third-order valence-corrected chi connectivity index (χ3v) is 5.71. The fourth-order valence-corrected chi connectivity index (χ4v) is 4.18. The highest BCUT2D eigenvalue weighted by atomic mass is 32.2. The normalized spacial score (nSPS) is 20.1. The van der Waals surface area contributed by atoms with Crippen molar-refractivity contribution in [3.63, 3.8) is 0 Å². The first kappa shape index (κ1) is 17.8. The summed E-state index contributed by atoms with van der Waals surface area (Å²) >= 11 is 1.94. The summed E-state index contributed by atoms with van der Waals surface area (Å²) in [6.45, 7) is 6.14. The van der Waals surface area contributed by atoms with Crippen molar-refractivity contribution < 1.29 is 5.11 Å². The van der Waals surface area contributed by atoms with Crippen molar-refractivity contribution in [2.45, 2.75) is 87.7 Å². The molecule has 2 atom stereocenters. The average Bonchev–Trinajstić information content (AvgIpc) is 2.49. The van der Waals surface area contributed by atoms with Gasteiger partial charge < -0.3 is 5.11 Å². The highest BCUT2D eigenvalue weighted by Gasteiger charge is 2.22. The van der Waals surface area contributed by atoms with E-state index in [-0.39, 0.29) is 11.4 Å². The van der Waals surface area contributed by atoms with Gasteiger partial charge >= 0.3 is 0 Å². The van der Waals surface area contributed by atoms with Gasteiger partial charge in [-0.05, 0) is 32.1 Å². The lowest BCUT2D eigenvalue weighted by Crippen LogP contribution is -2.24. The van der Waals surface area contributed by atoms with Crippen LogP contribution in [0.15, 0.2) is 24.8 Å². The van der Waals surface area contributed by atoms with Crippen molar-refractivity contribution in [2.24, 2.45) is 0 Å². The van der Waals surface area contributed by atoms with E-state index in [1.165, 1.54) is 51.4 Å². The highest BCUT2D eigenvalue weighted by molar-refractivity contribution is 8.00. The smallest absolute Gasteiger partial charge is 0.0728 e. The Bertz CT molecular complexity index is 269. The minimum atomic E-state index is -0.276. The van der Waals surface area contributed by atoms with Crippen LogP contribution in [-0.4, -0.2) is 21.7 Å². The van der Waals surface area contributed by atoms with E-state index in [1.807, 2.05) is 17.8 Å². The van der Waals surface area contributed by atoms with Gasteiger partial charge in [-0.3, -0.25) is 0 Å². The topological polar surface area (TPSA) is 20.2 Å². The summed E-state index contributed by atoms with van der Waals surface area (Å²) in [4.78, 5) is 0. The predicted molar refractivity (Wildman–Crippen MR) is 92.4 cm³/mol. The molecule has 0 aliphatic heterocycles. The molecule has 1 N–H and O–H groups in total. The summed E-state index contributed by atoms with van der Waals surface area (Å²) in [5.74, 6) is 0. The first-order chi connectivity index (χ1) is 9.77. The molecule has 2 heteroatoms. The van der Waals surface area contributed by atoms with Crippen LogP contribution in [0.4, 0.5) is 0 Å². The average molecular weight is 297 g/mol. The molecule has 0 heterocycles. The van der Waals surface area contributed by atoms with Crippen molar-refractivity contribution in [1.82, 2.24) is 0 Å². The molecule has 1 fully saturated rings. The van der Waals surface area contributed by atoms with Crippen LogP contribution in [0.25, 0.3) is 0 Å². The van der Waals surface area contributed by atoms with E-state index in [0.29, 0.717) is 0 Å². The second-order valence-electron chi connectivity index (χ2n) is 5.87. The largest absolute Gasteiger partial charge is 0.391 e. The molecule has 20 heavy (non-hydrogen) atoms. The molecule has 1 rings (SSSR count). The second kappa shape index (κ2) is 11.4. The molecular formula is C18H32OS. The molecule has 0 aromatic rings. The van der Waals surface area contributed by atoms with Crippen molar-refractivity contribution in [1.29, 1.82) is 0 Å². The van der Waals surface area contributed by atoms with Gasteiger partial charge in [0.05, 0.1) is 6.10 Å². The van der Waals surface area contributed by atoms with Gasteiger partial charge in [0.15, 0.2) is 0 Å². The van der Waals surface area contributed by atoms with E-state index >= 15 is 0 Å². The molecular weight excluding hydrogens is 264 g/mol. The molecule has 0 spiro atoms. The molecule has 1 nitrogen and oxygen atoms in total. The monoisotopic (exact) mass is 296 g/mol. The molecule has 0 saturated heterocycles. The van der Waals surface area contributed by atoms with Gasteiger partial charge in [-0.1, -0.05) is 57.3 Å². The van der Waals surface area contributed by atoms with Crippen LogP contribution in [-0.2, 0) is 0 Å². The van der Waals surface area contributed by atoms with Crippen molar-refractivity contribution >= 4 is 11.8 Å². The van der Waals surface area contributed by atoms with Gasteiger partial charge in [0.25, 0.3) is 0 Å². The van der Waals surface area contributed by atoms with Crippen LogP contribution in [0.2, 0.25) is 0 Å². The molecule has 0 amide bonds. The molecule has 1 saturated carbocycles. The third kappa shape index (κ3) is 7.54. The zero-order valence-electron chi connectivity index (χ0n) is 13.1. The number of allylic oxidation sites excluding steroid dienone is 1. The number of thioether (sulfide) groups is 1. The Morgan fingerprint density at radius 2 is 1.95 bits per heavy atom. The van der Waals surface area contributed by atoms with Crippen LogP contribution < -0.4 is 0 Å². The van der Waals surface area contributed by atoms with Gasteiger partial charge in [-0.2, -0.15) is 0 Å². The number of hydrogen-bond acceptors (Lipinski definition) is 2. The number of aliphatic hydroxyl groups excluding tert-OH is 1. The summed E-state index contributed by atoms with van der Waals surface area (Å²) in [5, 5.41) is 11.2. The number of aliphatic hydroxyl groups is 1. The fraction of sp³-hybridized carbons (Fsp3) is 0.778. The summed E-state index contributed by atoms with van der Waals surface area (Å²) < 4.78 is 0. The lowest BCUT2D eigenvalue weighted by molar-refractivity contribution is 0.186. The maximum atomic E-state index is 10.3. The van der Waals surface area contributed by atoms with Crippen molar-refractivity contribution in [3.05, 3.63) is 24.8 Å². The highest BCUT2D eigenvalue weighted by Crippen LogP contribution is 2.33. The lowest BCUT2D eigenvalue weighted by atomic mass is 10.0. The van der Waals surface area contributed by atoms with Gasteiger partial charge in [-0.25, -0.2) is 0 Å². The number of rotatable bonds is 10. The summed E-state index contributed by atoms with van der Waals surface area (Å²) in [5.41, 5.74) is 0. The van der Waals surface area contributed by atoms with Crippen molar-refractivity contribution in [2.75, 3.05) is 0 Å². The van der Waals surface area contributed by atoms with Gasteiger partial charge in [-0.15, -0.1) is 18.3 Å². The minimum Gasteiger partial charge on any atom is -0.391 e. The molecule has 0 bridgehead atoms. The quantitative estimate of drug-likeness (QED) is 0.424. The standard InChI is InChI=1S/C18H32OS/c1-3-5-6-7-8-12-15-17(19)18(4-2)20-16-13-10-9-11-14-16/h4,8,12,16-19H,2-3,5-7,9-11,13-15H2,1H3/b12-8-/t17-,18+/m1/s1. The van der Waals surface area contributed by atoms with Gasteiger partial charge in [0.2, 0.25) is 0 Å². The molecule has 116 valence electrons. The van der Waals surface area contributed by atoms with E-state index in [2.05, 4.69) is 25.7 Å². The Morgan fingerprint density at radius 3 is 2.60 bits per heavy atom. The lowest BCUT2D eigenvalue weighted by Gasteiger charge is -2.27. The third-order valence-electron chi connectivity index (χ3n) is 4.03. The van der Waals surface area contributed by atoms with Crippen LogP contribution in [0.1, 0.15) is 71.1 Å². The maximum Gasteiger partial charge on any atom is 0.0728 e. The van der Waals surface area contributed by atoms with Crippen LogP contribution >= 0.6 is 11.8 Å². The SMILES string of the molecule is C=C[C@H](SC1CCCCC1)[C@H](O)C/C=C\CCCCC. The maximum absolute atomic E-state index is 10.3. The molecule has 0 radical (unpaired) electrons. The number of unbranched alkanes of at least 4 members (excludes halogenated alkanes) is 3. The molecule has 0 aromatic heterocycles. The second-order valence-corrected chi connectivity index (χ2v) is 7.35. The molecule has 1 aliphatic carbocycles. The summed E-state index contributed by atoms with van der Waals surface area (Å²) in [6.07, 6.45) is 18.5. The zero-order valence-corrected chi connectivity index (χ0v) is 13.9. The van der Waals surface area contributed by atoms with E-state index in [4.69, 9.17) is 0 Å². The van der Waals surface area contributed by atoms with Crippen LogP contribution in [0.5, 0.6) is 0 Å². The van der Waals surface area contributed by atoms with Crippen molar-refractivity contribution in [3.8, 4) is 0 Å². The molecule has 0 unspecified atom stereocenters. The predicted octanol–water partition coefficient (Wildman–Crippen LogP) is 5.49. The van der Waals surface area contributed by atoms with Crippen LogP contribution in [0.3, 0.4) is 0 Å². The minimum absolute atomic E-state index is 0.193. The first-order valence-corrected chi connectivity index (χ1v) is 9.33. The van der Waals surface area contributed by atoms with E-state index in [1.54, 1.807) is 0 Å². The van der Waals surface area contributed by atoms with Crippen LogP contribution in [0, 0.1) is 0 Å². The summed E-state index contributed by atoms with van der Waals surface area (Å²) in [6, 6.07) is 0. The molecule has 0 aromatic carbocycles. The fourth-order valence-electron chi connectivity index (χ4n) is 2.73. The zero-order chi connectivity index (χ0) is 14.6. The Hall–Kier alpha value is -0.210. The van der Waals surface area contributed by atoms with Gasteiger partial charge in [0.1, 0.15) is 0 Å². The van der Waals surface area contributed by atoms with E-state index < -0.39 is 0 Å².